The lowest BCUT2D eigenvalue weighted by atomic mass is 10.0. The maximum absolute atomic E-state index is 14.0. The molecule has 34 heavy (non-hydrogen) atoms. The van der Waals surface area contributed by atoms with Crippen molar-refractivity contribution >= 4 is 0 Å². The highest BCUT2D eigenvalue weighted by molar-refractivity contribution is 5.46. The molecule has 0 N–H and O–H groups in total. The lowest BCUT2D eigenvalue weighted by molar-refractivity contribution is 0.305. The largest absolute Gasteiger partial charge is 0.494 e. The van der Waals surface area contributed by atoms with Crippen molar-refractivity contribution < 1.29 is 13.5 Å². The van der Waals surface area contributed by atoms with E-state index in [-0.39, 0.29) is 0 Å². The lowest BCUT2D eigenvalue weighted by Gasteiger charge is -2.05. The van der Waals surface area contributed by atoms with Crippen LogP contribution in [0, 0.1) is 23.7 Å². The first-order valence-electron chi connectivity index (χ1n) is 12.5. The Balaban J connectivity index is 1.86. The molecule has 0 atom stereocenters. The molecule has 0 radical (unpaired) electrons. The van der Waals surface area contributed by atoms with Gasteiger partial charge in [0.05, 0.1) is 6.61 Å². The fourth-order valence-electron chi connectivity index (χ4n) is 3.40. The second kappa shape index (κ2) is 16.6. The Morgan fingerprint density at radius 2 is 1.15 bits per heavy atom. The molecule has 1 nitrogen and oxygen atoms in total. The normalized spacial score (nSPS) is 11.1. The van der Waals surface area contributed by atoms with Gasteiger partial charge in [0.1, 0.15) is 5.75 Å². The molecule has 0 aromatic heterocycles. The average Bonchev–Trinajstić information content (AvgIpc) is 2.87. The first-order chi connectivity index (χ1) is 16.6. The van der Waals surface area contributed by atoms with Gasteiger partial charge >= 0.3 is 0 Å². The number of hydrogen-bond donors (Lipinski definition) is 0. The van der Waals surface area contributed by atoms with E-state index < -0.39 is 11.7 Å². The van der Waals surface area contributed by atoms with Crippen molar-refractivity contribution in [3.05, 3.63) is 76.9 Å². The minimum Gasteiger partial charge on any atom is -0.494 e. The van der Waals surface area contributed by atoms with Gasteiger partial charge in [-0.15, -0.1) is 0 Å². The predicted octanol–water partition coefficient (Wildman–Crippen LogP) is 8.71. The third-order valence-electron chi connectivity index (χ3n) is 5.47. The van der Waals surface area contributed by atoms with Crippen molar-refractivity contribution in [3.63, 3.8) is 0 Å². The van der Waals surface area contributed by atoms with E-state index in [1.807, 2.05) is 24.3 Å². The first kappa shape index (κ1) is 27.2. The van der Waals surface area contributed by atoms with E-state index in [1.165, 1.54) is 50.5 Å². The average molecular weight is 463 g/mol. The Bertz CT molecular complexity index is 912. The van der Waals surface area contributed by atoms with Crippen LogP contribution < -0.4 is 4.74 Å². The highest BCUT2D eigenvalue weighted by Gasteiger charge is 2.00. The van der Waals surface area contributed by atoms with Gasteiger partial charge in [0.2, 0.25) is 11.7 Å². The minimum absolute atomic E-state index is 0.583. The Morgan fingerprint density at radius 3 is 1.71 bits per heavy atom. The van der Waals surface area contributed by atoms with Gasteiger partial charge in [-0.1, -0.05) is 82.8 Å². The first-order valence-corrected chi connectivity index (χ1v) is 12.5. The number of halogens is 2. The zero-order valence-corrected chi connectivity index (χ0v) is 20.6. The van der Waals surface area contributed by atoms with Crippen molar-refractivity contribution in [2.24, 2.45) is 0 Å². The lowest BCUT2D eigenvalue weighted by Crippen LogP contribution is -1.96. The number of allylic oxidation sites excluding steroid dienone is 2. The Hall–Kier alpha value is -3.04. The van der Waals surface area contributed by atoms with E-state index in [0.29, 0.717) is 17.7 Å². The second-order valence-electron chi connectivity index (χ2n) is 8.42. The maximum Gasteiger partial charge on any atom is 0.217 e. The van der Waals surface area contributed by atoms with Crippen molar-refractivity contribution in [2.45, 2.75) is 78.1 Å². The monoisotopic (exact) mass is 462 g/mol. The van der Waals surface area contributed by atoms with Crippen LogP contribution in [0.15, 0.2) is 60.2 Å². The fourth-order valence-corrected chi connectivity index (χ4v) is 3.40. The van der Waals surface area contributed by atoms with E-state index in [1.54, 1.807) is 24.3 Å². The molecule has 0 aliphatic rings. The minimum atomic E-state index is -1.16. The molecule has 0 unspecified atom stereocenters. The Labute approximate surface area is 204 Å². The molecule has 2 rings (SSSR count). The molecule has 180 valence electrons. The molecule has 0 spiro atoms. The maximum atomic E-state index is 14.0. The van der Waals surface area contributed by atoms with Crippen LogP contribution in [0.25, 0.3) is 0 Å². The SMILES string of the molecule is CCCCCCCc1ccc(C#C/C(F)=C(\F)C#Cc2ccc(OCCCCCC)cc2)cc1. The molecule has 0 aliphatic heterocycles. The van der Waals surface area contributed by atoms with Crippen LogP contribution in [0.2, 0.25) is 0 Å². The van der Waals surface area contributed by atoms with Gasteiger partial charge in [-0.05, 0) is 73.1 Å². The molecule has 0 bridgehead atoms. The molecule has 0 aliphatic carbocycles. The summed E-state index contributed by atoms with van der Waals surface area (Å²) in [7, 11) is 0. The highest BCUT2D eigenvalue weighted by atomic mass is 19.2. The van der Waals surface area contributed by atoms with Crippen LogP contribution in [0.4, 0.5) is 8.78 Å². The van der Waals surface area contributed by atoms with Crippen molar-refractivity contribution in [2.75, 3.05) is 6.61 Å². The van der Waals surface area contributed by atoms with E-state index in [9.17, 15) is 8.78 Å². The number of aryl methyl sites for hydroxylation is 1. The van der Waals surface area contributed by atoms with Crippen LogP contribution in [0.1, 0.15) is 88.3 Å². The number of unbranched alkanes of at least 4 members (excludes halogenated alkanes) is 7. The van der Waals surface area contributed by atoms with Crippen LogP contribution in [-0.2, 0) is 6.42 Å². The number of benzene rings is 2. The molecule has 0 heterocycles. The molecular formula is C31H36F2O. The predicted molar refractivity (Wildman–Crippen MR) is 138 cm³/mol. The van der Waals surface area contributed by atoms with E-state index in [4.69, 9.17) is 4.74 Å². The molecule has 2 aromatic rings. The van der Waals surface area contributed by atoms with Gasteiger partial charge in [0.25, 0.3) is 0 Å². The van der Waals surface area contributed by atoms with Crippen LogP contribution >= 0.6 is 0 Å². The smallest absolute Gasteiger partial charge is 0.217 e. The summed E-state index contributed by atoms with van der Waals surface area (Å²) in [5.41, 5.74) is 2.47. The van der Waals surface area contributed by atoms with Crippen molar-refractivity contribution in [1.82, 2.24) is 0 Å². The number of rotatable bonds is 12. The molecule has 0 saturated heterocycles. The summed E-state index contributed by atoms with van der Waals surface area (Å²) in [4.78, 5) is 0. The van der Waals surface area contributed by atoms with Crippen LogP contribution in [-0.4, -0.2) is 6.61 Å². The number of ether oxygens (including phenoxy) is 1. The highest BCUT2D eigenvalue weighted by Crippen LogP contribution is 2.14. The summed E-state index contributed by atoms with van der Waals surface area (Å²) in [6, 6.07) is 14.7. The summed E-state index contributed by atoms with van der Waals surface area (Å²) >= 11 is 0. The third kappa shape index (κ3) is 11.2. The quantitative estimate of drug-likeness (QED) is 0.226. The number of hydrogen-bond acceptors (Lipinski definition) is 1. The van der Waals surface area contributed by atoms with Gasteiger partial charge in [0.15, 0.2) is 0 Å². The Morgan fingerprint density at radius 1 is 0.647 bits per heavy atom. The van der Waals surface area contributed by atoms with E-state index in [2.05, 4.69) is 37.5 Å². The molecular weight excluding hydrogens is 426 g/mol. The molecule has 0 amide bonds. The summed E-state index contributed by atoms with van der Waals surface area (Å²) in [5, 5.41) is 0. The van der Waals surface area contributed by atoms with Crippen LogP contribution in [0.3, 0.4) is 0 Å². The van der Waals surface area contributed by atoms with E-state index in [0.717, 1.165) is 25.0 Å². The standard InChI is InChI=1S/C31H36F2O/c1-3-5-7-9-10-12-26-13-15-27(16-14-26)19-23-30(32)31(33)24-20-28-17-21-29(22-18-28)34-25-11-8-6-4-2/h13-18,21-22H,3-12,25H2,1-2H3/b31-30+. The van der Waals surface area contributed by atoms with Gasteiger partial charge in [-0.3, -0.25) is 0 Å². The fraction of sp³-hybridized carbons (Fsp3) is 0.419. The van der Waals surface area contributed by atoms with Crippen molar-refractivity contribution in [3.8, 4) is 29.4 Å². The van der Waals surface area contributed by atoms with Gasteiger partial charge in [-0.2, -0.15) is 8.78 Å². The summed E-state index contributed by atoms with van der Waals surface area (Å²) in [6.45, 7) is 5.06. The van der Waals surface area contributed by atoms with Gasteiger partial charge in [0, 0.05) is 11.1 Å². The molecule has 3 heteroatoms. The zero-order valence-electron chi connectivity index (χ0n) is 20.6. The summed E-state index contributed by atoms with van der Waals surface area (Å²) < 4.78 is 33.7. The second-order valence-corrected chi connectivity index (χ2v) is 8.42. The summed E-state index contributed by atoms with van der Waals surface area (Å²) in [6.07, 6.45) is 11.8. The van der Waals surface area contributed by atoms with E-state index >= 15 is 0 Å². The molecule has 0 fully saturated rings. The molecule has 2 aromatic carbocycles. The van der Waals surface area contributed by atoms with Gasteiger partial charge < -0.3 is 4.74 Å². The molecule has 0 saturated carbocycles. The third-order valence-corrected chi connectivity index (χ3v) is 5.47. The zero-order chi connectivity index (χ0) is 24.4. The van der Waals surface area contributed by atoms with Crippen molar-refractivity contribution in [1.29, 1.82) is 0 Å². The Kier molecular flexibility index (Phi) is 13.2. The van der Waals surface area contributed by atoms with Crippen LogP contribution in [0.5, 0.6) is 5.75 Å². The topological polar surface area (TPSA) is 9.23 Å². The summed E-state index contributed by atoms with van der Waals surface area (Å²) in [5.74, 6) is 8.18. The van der Waals surface area contributed by atoms with Gasteiger partial charge in [-0.25, -0.2) is 0 Å².